The molecular weight excluding hydrogens is 755 g/mol. The van der Waals surface area contributed by atoms with Gasteiger partial charge in [0.15, 0.2) is 0 Å². The van der Waals surface area contributed by atoms with Gasteiger partial charge in [0.05, 0.1) is 48.7 Å². The Morgan fingerprint density at radius 1 is 0.966 bits per heavy atom. The second-order valence-corrected chi connectivity index (χ2v) is 17.6. The molecule has 326 valence electrons. The number of carbonyl (C=O) groups excluding carboxylic acids is 4. The number of rotatable bonds is 24. The van der Waals surface area contributed by atoms with Crippen LogP contribution in [-0.4, -0.2) is 135 Å². The predicted octanol–water partition coefficient (Wildman–Crippen LogP) is 4.78. The van der Waals surface area contributed by atoms with Gasteiger partial charge in [-0.3, -0.25) is 24.1 Å². The third-order valence-electron chi connectivity index (χ3n) is 11.9. The Labute approximate surface area is 352 Å². The Balaban J connectivity index is 1.79. The highest BCUT2D eigenvalue weighted by Gasteiger charge is 2.43. The van der Waals surface area contributed by atoms with Crippen LogP contribution in [0.25, 0.3) is 0 Å². The zero-order valence-electron chi connectivity index (χ0n) is 37.2. The van der Waals surface area contributed by atoms with Crippen molar-refractivity contribution < 1.29 is 28.7 Å². The Morgan fingerprint density at radius 3 is 2.21 bits per heavy atom. The molecule has 58 heavy (non-hydrogen) atoms. The maximum Gasteiger partial charge on any atom is 0.245 e. The van der Waals surface area contributed by atoms with Crippen LogP contribution in [0.3, 0.4) is 0 Å². The fourth-order valence-corrected chi connectivity index (χ4v) is 9.17. The summed E-state index contributed by atoms with van der Waals surface area (Å²) in [5, 5.41) is 12.2. The van der Waals surface area contributed by atoms with Gasteiger partial charge in [0.1, 0.15) is 11.0 Å². The molecule has 2 aromatic rings. The fourth-order valence-electron chi connectivity index (χ4n) is 8.48. The number of aromatic nitrogens is 1. The van der Waals surface area contributed by atoms with Crippen molar-refractivity contribution in [1.29, 1.82) is 0 Å². The molecule has 3 N–H and O–H groups in total. The summed E-state index contributed by atoms with van der Waals surface area (Å²) in [4.78, 5) is 66.6. The highest BCUT2D eigenvalue weighted by Crippen LogP contribution is 2.30. The van der Waals surface area contributed by atoms with E-state index in [0.29, 0.717) is 25.9 Å². The molecule has 1 aromatic heterocycles. The first-order valence-electron chi connectivity index (χ1n) is 21.1. The minimum atomic E-state index is -0.767. The Kier molecular flexibility index (Phi) is 20.2. The maximum absolute atomic E-state index is 14.4. The molecule has 0 spiro atoms. The molecule has 0 radical (unpaired) electrons. The monoisotopic (exact) mass is 828 g/mol. The zero-order valence-corrected chi connectivity index (χ0v) is 38.0. The molecule has 9 atom stereocenters. The number of benzene rings is 1. The van der Waals surface area contributed by atoms with Crippen molar-refractivity contribution in [3.63, 3.8) is 0 Å². The smallest absolute Gasteiger partial charge is 0.245 e. The average molecular weight is 828 g/mol. The number of thiazole rings is 1. The number of hydrogen-bond acceptors (Lipinski definition) is 10. The molecular formula is C44H73N7O6S. The van der Waals surface area contributed by atoms with Crippen molar-refractivity contribution in [3.8, 4) is 0 Å². The number of amides is 4. The van der Waals surface area contributed by atoms with Crippen molar-refractivity contribution in [2.75, 3.05) is 55.0 Å². The van der Waals surface area contributed by atoms with Gasteiger partial charge in [-0.15, -0.1) is 11.3 Å². The topological polar surface area (TPSA) is 145 Å². The van der Waals surface area contributed by atoms with Crippen molar-refractivity contribution in [3.05, 3.63) is 52.5 Å². The number of nitrogens with zero attached hydrogens (tertiary/aromatic N) is 4. The van der Waals surface area contributed by atoms with E-state index in [2.05, 4.69) is 34.8 Å². The van der Waals surface area contributed by atoms with Crippen LogP contribution in [0.4, 0.5) is 0 Å². The van der Waals surface area contributed by atoms with Crippen LogP contribution in [0.5, 0.6) is 0 Å². The summed E-state index contributed by atoms with van der Waals surface area (Å²) in [5.41, 5.74) is 1.09. The molecule has 13 nitrogen and oxygen atoms in total. The van der Waals surface area contributed by atoms with Crippen LogP contribution < -0.4 is 16.0 Å². The van der Waals surface area contributed by atoms with Crippen molar-refractivity contribution in [2.45, 2.75) is 123 Å². The molecule has 1 aromatic carbocycles. The van der Waals surface area contributed by atoms with Gasteiger partial charge in [0.2, 0.25) is 23.6 Å². The summed E-state index contributed by atoms with van der Waals surface area (Å²) in [7, 11) is 8.75. The van der Waals surface area contributed by atoms with E-state index in [1.54, 1.807) is 32.4 Å². The van der Waals surface area contributed by atoms with Gasteiger partial charge in [-0.25, -0.2) is 4.98 Å². The number of likely N-dealkylation sites (tertiary alicyclic amines) is 1. The van der Waals surface area contributed by atoms with Gasteiger partial charge in [0, 0.05) is 52.5 Å². The van der Waals surface area contributed by atoms with Gasteiger partial charge >= 0.3 is 0 Å². The average Bonchev–Trinajstić information content (AvgIpc) is 3.92. The van der Waals surface area contributed by atoms with Crippen molar-refractivity contribution in [1.82, 2.24) is 35.6 Å². The summed E-state index contributed by atoms with van der Waals surface area (Å²) in [5.74, 6) is -1.39. The lowest BCUT2D eigenvalue weighted by Crippen LogP contribution is -2.60. The summed E-state index contributed by atoms with van der Waals surface area (Å²) >= 11 is 1.51. The second-order valence-electron chi connectivity index (χ2n) is 16.7. The van der Waals surface area contributed by atoms with Crippen LogP contribution in [0.15, 0.2) is 41.9 Å². The largest absolute Gasteiger partial charge is 0.379 e. The molecule has 0 saturated carbocycles. The first-order valence-corrected chi connectivity index (χ1v) is 22.0. The van der Waals surface area contributed by atoms with Gasteiger partial charge in [0.25, 0.3) is 0 Å². The molecule has 3 unspecified atom stereocenters. The van der Waals surface area contributed by atoms with E-state index in [4.69, 9.17) is 9.47 Å². The number of likely N-dealkylation sites (N-methyl/N-ethyl adjacent to an activating group) is 3. The second kappa shape index (κ2) is 24.0. The minimum absolute atomic E-state index is 0.0159. The molecule has 1 fully saturated rings. The summed E-state index contributed by atoms with van der Waals surface area (Å²) in [6.07, 6.45) is 3.46. The molecule has 1 saturated heterocycles. The Morgan fingerprint density at radius 2 is 1.66 bits per heavy atom. The van der Waals surface area contributed by atoms with E-state index in [0.717, 1.165) is 30.0 Å². The quantitative estimate of drug-likeness (QED) is 0.136. The lowest BCUT2D eigenvalue weighted by molar-refractivity contribution is -0.148. The first kappa shape index (κ1) is 48.9. The summed E-state index contributed by atoms with van der Waals surface area (Å²) in [6.45, 7) is 15.8. The predicted molar refractivity (Wildman–Crippen MR) is 231 cm³/mol. The lowest BCUT2D eigenvalue weighted by atomic mass is 9.89. The molecule has 1 aliphatic rings. The highest BCUT2D eigenvalue weighted by molar-refractivity contribution is 7.09. The fraction of sp³-hybridized carbons (Fsp3) is 0.705. The normalized spacial score (nSPS) is 18.7. The molecule has 3 rings (SSSR count). The number of methoxy groups -OCH3 is 2. The molecule has 2 heterocycles. The van der Waals surface area contributed by atoms with Crippen LogP contribution in [0.1, 0.15) is 90.8 Å². The van der Waals surface area contributed by atoms with Crippen LogP contribution >= 0.6 is 11.3 Å². The van der Waals surface area contributed by atoms with E-state index in [-0.39, 0.29) is 59.9 Å². The lowest BCUT2D eigenvalue weighted by Gasteiger charge is -2.41. The Bertz CT molecular complexity index is 1550. The molecule has 4 amide bonds. The third kappa shape index (κ3) is 13.0. The van der Waals surface area contributed by atoms with Gasteiger partial charge in [-0.1, -0.05) is 85.2 Å². The third-order valence-corrected chi connectivity index (χ3v) is 12.8. The van der Waals surface area contributed by atoms with E-state index < -0.39 is 36.3 Å². The maximum atomic E-state index is 14.4. The number of nitrogens with one attached hydrogen (secondary N) is 3. The van der Waals surface area contributed by atoms with Crippen molar-refractivity contribution >= 4 is 35.0 Å². The van der Waals surface area contributed by atoms with E-state index in [1.165, 1.54) is 11.3 Å². The zero-order chi connectivity index (χ0) is 43.1. The van der Waals surface area contributed by atoms with Gasteiger partial charge in [-0.05, 0) is 56.7 Å². The van der Waals surface area contributed by atoms with E-state index in [9.17, 15) is 19.2 Å². The van der Waals surface area contributed by atoms with E-state index in [1.807, 2.05) is 94.2 Å². The van der Waals surface area contributed by atoms with Crippen LogP contribution in [-0.2, 0) is 35.1 Å². The molecule has 0 bridgehead atoms. The molecule has 1 aliphatic heterocycles. The molecule has 0 aliphatic carbocycles. The standard InChI is InChI=1S/C44H73N7O6S/c1-13-30(6)39(50(10)44(55)37(28(2)3)48-42(54)38(29(4)5)49(9)24-21-45-8)35(56-11)27-36(52)51-23-17-20-34(51)40(57-12)31(7)41(53)47-33(43-46-22-25-58-43)26-32-18-15-14-16-19-32/h14-16,18-19,22,25,28-31,33-35,37-40,45H,13,17,20-21,23-24,26-27H2,1-12H3,(H,47,53)(H,48,54)/t30-,31+,33-,34?,35+,37?,38?,39-,40+/m0/s1. The van der Waals surface area contributed by atoms with Gasteiger partial charge < -0.3 is 35.2 Å². The van der Waals surface area contributed by atoms with Crippen molar-refractivity contribution in [2.24, 2.45) is 23.7 Å². The first-order chi connectivity index (χ1) is 27.6. The SMILES string of the molecule is CC[C@H](C)[C@@H]([C@@H](CC(=O)N1CCCC1[C@H](OC)[C@@H](C)C(=O)N[C@@H](Cc1ccccc1)c1nccs1)OC)N(C)C(=O)C(NC(=O)C(C(C)C)N(C)CCNC)C(C)C. The number of ether oxygens (including phenoxy) is 2. The highest BCUT2D eigenvalue weighted by atomic mass is 32.1. The molecule has 14 heteroatoms. The van der Waals surface area contributed by atoms with Crippen LogP contribution in [0.2, 0.25) is 0 Å². The van der Waals surface area contributed by atoms with E-state index >= 15 is 0 Å². The summed E-state index contributed by atoms with van der Waals surface area (Å²) < 4.78 is 12.1. The summed E-state index contributed by atoms with van der Waals surface area (Å²) in [6, 6.07) is 7.78. The Hall–Kier alpha value is -3.43. The number of hydrogen-bond donors (Lipinski definition) is 3. The minimum Gasteiger partial charge on any atom is -0.379 e. The number of carbonyl (C=O) groups is 4. The van der Waals surface area contributed by atoms with Crippen LogP contribution in [0, 0.1) is 23.7 Å². The van der Waals surface area contributed by atoms with Gasteiger partial charge in [-0.2, -0.15) is 0 Å².